The van der Waals surface area contributed by atoms with Crippen LogP contribution >= 0.6 is 0 Å². The number of likely N-dealkylation sites (tertiary alicyclic amines) is 1. The maximum Gasteiger partial charge on any atom is 0.410 e. The summed E-state index contributed by atoms with van der Waals surface area (Å²) in [5, 5.41) is 51.6. The van der Waals surface area contributed by atoms with Gasteiger partial charge in [-0.2, -0.15) is 0 Å². The number of hydrogen-bond donors (Lipinski definition) is 7. The number of aliphatic hydroxyl groups is 4. The number of nitrogens with zero attached hydrogens (tertiary/aromatic N) is 4. The van der Waals surface area contributed by atoms with Gasteiger partial charge in [0, 0.05) is 89.0 Å². The molecule has 7 rings (SSSR count). The highest BCUT2D eigenvalue weighted by molar-refractivity contribution is 5.95. The van der Waals surface area contributed by atoms with Crippen LogP contribution in [-0.2, 0) is 94.1 Å². The molecule has 3 heterocycles. The van der Waals surface area contributed by atoms with Crippen molar-refractivity contribution in [1.82, 2.24) is 25.3 Å². The van der Waals surface area contributed by atoms with E-state index in [2.05, 4.69) is 27.8 Å². The summed E-state index contributed by atoms with van der Waals surface area (Å²) in [6.45, 7) is 16.9. The van der Waals surface area contributed by atoms with Gasteiger partial charge in [0.1, 0.15) is 30.7 Å². The van der Waals surface area contributed by atoms with Crippen molar-refractivity contribution in [3.8, 4) is 17.6 Å². The average Bonchev–Trinajstić information content (AvgIpc) is 1.06. The highest BCUT2D eigenvalue weighted by atomic mass is 16.8. The highest BCUT2D eigenvalue weighted by Gasteiger charge is 2.48. The lowest BCUT2D eigenvalue weighted by Crippen LogP contribution is -2.59. The van der Waals surface area contributed by atoms with Crippen LogP contribution in [0.3, 0.4) is 0 Å². The molecule has 116 heavy (non-hydrogen) atoms. The summed E-state index contributed by atoms with van der Waals surface area (Å²) in [5.41, 5.74) is 4.38. The Labute approximate surface area is 681 Å². The van der Waals surface area contributed by atoms with E-state index in [1.54, 1.807) is 61.6 Å². The SMILES string of the molecule is CC[C@H](C)[C@@H]([C@@H](CC(=O)N1CCC[C@H]1[C@H](OC)[C@@H](C)C(=O)N[C@H](C)[C@@H](O)c1ccccc1)OC)N(C)C(=O)[C@@H](CC(=O)[C@H](C(C)C)N(C)C(=O)OCc1cc(NC(=O)CCOCCOCCOCCOCCNC(=O)CCCCC(=O)N2Cc3ccccc3C#Cc3ccccc32)ccc1O[C@@H]1OC(OC=O)[C@@H](O)C(O)[C@@H]1O)C(C)C. The van der Waals surface area contributed by atoms with Crippen molar-refractivity contribution in [2.75, 3.05) is 104 Å². The number of amides is 7. The molecule has 3 aliphatic rings. The number of ether oxygens (including phenoxy) is 10. The fourth-order valence-electron chi connectivity index (χ4n) is 14.8. The van der Waals surface area contributed by atoms with Crippen molar-refractivity contribution in [2.45, 2.75) is 206 Å². The van der Waals surface area contributed by atoms with Crippen LogP contribution in [0.25, 0.3) is 0 Å². The first-order valence-corrected chi connectivity index (χ1v) is 40.2. The molecule has 0 radical (unpaired) electrons. The van der Waals surface area contributed by atoms with Crippen LogP contribution in [0.15, 0.2) is 97.1 Å². The molecule has 30 heteroatoms. The zero-order chi connectivity index (χ0) is 84.5. The van der Waals surface area contributed by atoms with Crippen LogP contribution < -0.4 is 25.6 Å². The number of aliphatic hydroxyl groups excluding tert-OH is 4. The number of ketones is 1. The van der Waals surface area contributed by atoms with Crippen LogP contribution in [-0.4, -0.2) is 250 Å². The van der Waals surface area contributed by atoms with E-state index in [1.165, 1.54) is 39.5 Å². The third kappa shape index (κ3) is 27.3. The van der Waals surface area contributed by atoms with E-state index < -0.39 is 116 Å². The number of rotatable bonds is 48. The van der Waals surface area contributed by atoms with E-state index in [4.69, 9.17) is 47.4 Å². The molecule has 0 aliphatic carbocycles. The van der Waals surface area contributed by atoms with Gasteiger partial charge in [-0.25, -0.2) is 4.79 Å². The quantitative estimate of drug-likeness (QED) is 0.0133. The lowest BCUT2D eigenvalue weighted by molar-refractivity contribution is -0.321. The van der Waals surface area contributed by atoms with E-state index >= 15 is 4.79 Å². The van der Waals surface area contributed by atoms with Gasteiger partial charge >= 0.3 is 6.09 Å². The maximum absolute atomic E-state index is 15.0. The minimum atomic E-state index is -1.91. The number of methoxy groups -OCH3 is 2. The van der Waals surface area contributed by atoms with Gasteiger partial charge in [-0.3, -0.25) is 43.1 Å². The summed E-state index contributed by atoms with van der Waals surface area (Å²) in [4.78, 5) is 129. The van der Waals surface area contributed by atoms with Crippen molar-refractivity contribution >= 4 is 65.2 Å². The van der Waals surface area contributed by atoms with Crippen LogP contribution in [0.2, 0.25) is 0 Å². The number of hydrogen-bond acceptors (Lipinski definition) is 23. The van der Waals surface area contributed by atoms with Gasteiger partial charge in [-0.1, -0.05) is 127 Å². The third-order valence-corrected chi connectivity index (χ3v) is 21.5. The average molecular weight is 1620 g/mol. The highest BCUT2D eigenvalue weighted by Crippen LogP contribution is 2.35. The van der Waals surface area contributed by atoms with E-state index in [0.29, 0.717) is 83.5 Å². The molecule has 7 N–H and O–H groups in total. The Kier molecular flexibility index (Phi) is 39.0. The van der Waals surface area contributed by atoms with Crippen molar-refractivity contribution in [3.63, 3.8) is 0 Å². The number of benzene rings is 4. The predicted octanol–water partition coefficient (Wildman–Crippen LogP) is 7.00. The molecule has 0 bridgehead atoms. The largest absolute Gasteiger partial charge is 0.461 e. The second-order valence-electron chi connectivity index (χ2n) is 30.3. The number of nitrogens with one attached hydrogen (secondary N) is 3. The molecule has 638 valence electrons. The Hall–Kier alpha value is -8.97. The molecule has 4 aromatic rings. The van der Waals surface area contributed by atoms with Gasteiger partial charge in [0.05, 0.1) is 126 Å². The fourth-order valence-corrected chi connectivity index (χ4v) is 14.8. The molecule has 2 unspecified atom stereocenters. The summed E-state index contributed by atoms with van der Waals surface area (Å²) in [7, 11) is 6.03. The molecule has 0 spiro atoms. The predicted molar refractivity (Wildman–Crippen MR) is 429 cm³/mol. The molecule has 3 aliphatic heterocycles. The Bertz CT molecular complexity index is 3880. The Morgan fingerprint density at radius 1 is 0.681 bits per heavy atom. The summed E-state index contributed by atoms with van der Waals surface area (Å²) < 4.78 is 56.7. The number of anilines is 2. The molecule has 4 aromatic carbocycles. The van der Waals surface area contributed by atoms with Gasteiger partial charge in [-0.15, -0.1) is 0 Å². The summed E-state index contributed by atoms with van der Waals surface area (Å²) in [6.07, 6.45) is -9.55. The van der Waals surface area contributed by atoms with Crippen molar-refractivity contribution < 1.29 is 111 Å². The summed E-state index contributed by atoms with van der Waals surface area (Å²) in [5.74, 6) is 1.62. The van der Waals surface area contributed by atoms with Crippen LogP contribution in [0, 0.1) is 41.4 Å². The number of carbonyl (C=O) groups is 9. The van der Waals surface area contributed by atoms with Crippen LogP contribution in [0.5, 0.6) is 5.75 Å². The molecule has 0 aromatic heterocycles. The number of Topliss-reactive ketones (excluding diaryl/α,β-unsaturated/α-hetero) is 1. The van der Waals surface area contributed by atoms with Gasteiger partial charge in [0.25, 0.3) is 6.47 Å². The van der Waals surface area contributed by atoms with Gasteiger partial charge in [-0.05, 0) is 97.9 Å². The van der Waals surface area contributed by atoms with Crippen LogP contribution in [0.1, 0.15) is 154 Å². The van der Waals surface area contributed by atoms with Gasteiger partial charge in [0.15, 0.2) is 5.78 Å². The number of para-hydroxylation sites is 1. The third-order valence-electron chi connectivity index (χ3n) is 21.5. The smallest absolute Gasteiger partial charge is 0.410 e. The summed E-state index contributed by atoms with van der Waals surface area (Å²) >= 11 is 0. The number of unbranched alkanes of at least 4 members (excludes halogenated alkanes) is 1. The molecule has 7 amide bonds. The first kappa shape index (κ1) is 94.2. The van der Waals surface area contributed by atoms with E-state index in [0.717, 1.165) is 27.3 Å². The molecule has 2 fully saturated rings. The number of carbonyl (C=O) groups excluding carboxylic acids is 9. The van der Waals surface area contributed by atoms with E-state index in [9.17, 15) is 58.8 Å². The minimum Gasteiger partial charge on any atom is -0.461 e. The van der Waals surface area contributed by atoms with Crippen molar-refractivity contribution in [2.24, 2.45) is 29.6 Å². The Morgan fingerprint density at radius 2 is 1.31 bits per heavy atom. The van der Waals surface area contributed by atoms with Crippen LogP contribution in [0.4, 0.5) is 16.2 Å². The summed E-state index contributed by atoms with van der Waals surface area (Å²) in [6, 6.07) is 25.8. The molecule has 15 atom stereocenters. The van der Waals surface area contributed by atoms with Gasteiger partial charge < -0.3 is 98.6 Å². The molecular weight excluding hydrogens is 1500 g/mol. The second kappa shape index (κ2) is 48.0. The van der Waals surface area contributed by atoms with Gasteiger partial charge in [0.2, 0.25) is 48.0 Å². The van der Waals surface area contributed by atoms with E-state index in [-0.39, 0.29) is 124 Å². The topological polar surface area (TPSA) is 376 Å². The monoisotopic (exact) mass is 1620 g/mol. The lowest BCUT2D eigenvalue weighted by Gasteiger charge is -2.41. The zero-order valence-electron chi connectivity index (χ0n) is 69.0. The van der Waals surface area contributed by atoms with E-state index in [1.807, 2.05) is 94.4 Å². The molecule has 30 nitrogen and oxygen atoms in total. The normalized spacial score (nSPS) is 19.5. The maximum atomic E-state index is 15.0. The zero-order valence-corrected chi connectivity index (χ0v) is 69.0. The first-order chi connectivity index (χ1) is 55.6. The standard InChI is InChI=1S/C86H121N7O23/c1-13-56(6)76(70(107-11)50-74(99)92-39-23-30-67(92)81(108-12)57(7)82(104)88-58(8)77(100)61-26-15-14-16-27-61)90(9)83(105)65(54(2)3)49-68(95)75(55(4)5)91(10)86(106)113-52-63-48-64(35-36-69(63)115-85-80(103)78(101)79(102)84(116-85)114-53-94)89-72(97)37-40-109-42-44-111-46-47-112-45-43-110-41-38-87-71(96)31-21-22-32-73(98)93-51-62-28-18-17-24-59(62)33-34-60-25-19-20-29-66(60)93/h14-20,24-29,35-36,48,53-58,65,67,70,75-81,84-85,100-103H,13,21-23,30-32,37-47,49-52H2,1-12H3,(H,87,96)(H,88,104)(H,89,97)/t56-,57+,58+,65-,67-,70+,75-,76-,77+,78?,79-,80-,81+,84?,85+/m0/s1. The lowest BCUT2D eigenvalue weighted by atomic mass is 9.83. The van der Waals surface area contributed by atoms with Crippen molar-refractivity contribution in [3.05, 3.63) is 125 Å². The Balaban J connectivity index is 0.851. The number of fused-ring (bicyclic) bond motifs is 2. The number of likely N-dealkylation sites (N-methyl/N-ethyl adjacent to an activating group) is 2. The minimum absolute atomic E-state index is 0.0125. The first-order valence-electron chi connectivity index (χ1n) is 40.2. The fraction of sp³-hybridized carbons (Fsp3) is 0.593. The van der Waals surface area contributed by atoms with Crippen molar-refractivity contribution in [1.29, 1.82) is 0 Å². The molecular formula is C86H121N7O23. The molecule has 2 saturated heterocycles. The second-order valence-corrected chi connectivity index (χ2v) is 30.3. The Morgan fingerprint density at radius 3 is 1.97 bits per heavy atom. The molecule has 0 saturated carbocycles.